The van der Waals surface area contributed by atoms with Gasteiger partial charge >= 0.3 is 0 Å². The van der Waals surface area contributed by atoms with Crippen LogP contribution in [0.5, 0.6) is 5.75 Å². The molecule has 0 aliphatic rings. The van der Waals surface area contributed by atoms with Crippen molar-refractivity contribution in [3.8, 4) is 5.75 Å². The molecule has 0 spiro atoms. The Morgan fingerprint density at radius 1 is 1.28 bits per heavy atom. The van der Waals surface area contributed by atoms with E-state index in [0.717, 1.165) is 5.75 Å². The van der Waals surface area contributed by atoms with E-state index in [-0.39, 0.29) is 11.0 Å². The van der Waals surface area contributed by atoms with E-state index in [1.165, 1.54) is 0 Å². The number of nitrogens with two attached hydrogens (primary N) is 1. The minimum Gasteiger partial charge on any atom is -0.494 e. The molecule has 18 heavy (non-hydrogen) atoms. The van der Waals surface area contributed by atoms with Gasteiger partial charge in [-0.2, -0.15) is 0 Å². The Kier molecular flexibility index (Phi) is 6.15. The van der Waals surface area contributed by atoms with Crippen LogP contribution in [0.15, 0.2) is 30.3 Å². The van der Waals surface area contributed by atoms with Crippen molar-refractivity contribution < 1.29 is 13.2 Å². The van der Waals surface area contributed by atoms with Gasteiger partial charge in [-0.3, -0.25) is 0 Å². The number of hydrogen-bond donors (Lipinski definition) is 1. The molecule has 0 heterocycles. The molecule has 0 radical (unpaired) electrons. The lowest BCUT2D eigenvalue weighted by atomic mass is 10.3. The fraction of sp³-hybridized carbons (Fsp3) is 0.538. The summed E-state index contributed by atoms with van der Waals surface area (Å²) in [6, 6.07) is 9.38. The summed E-state index contributed by atoms with van der Waals surface area (Å²) in [6.07, 6.45) is 1.02. The van der Waals surface area contributed by atoms with Gasteiger partial charge < -0.3 is 10.5 Å². The highest BCUT2D eigenvalue weighted by atomic mass is 32.2. The van der Waals surface area contributed by atoms with Crippen molar-refractivity contribution in [2.45, 2.75) is 25.0 Å². The Labute approximate surface area is 109 Å². The SMILES string of the molecule is CC(CCN)S(=O)(=O)CCCOc1ccccc1. The van der Waals surface area contributed by atoms with Gasteiger partial charge in [0.1, 0.15) is 5.75 Å². The number of rotatable bonds is 8. The summed E-state index contributed by atoms with van der Waals surface area (Å²) in [5.74, 6) is 0.922. The molecule has 5 heteroatoms. The van der Waals surface area contributed by atoms with E-state index in [1.54, 1.807) is 6.92 Å². The Morgan fingerprint density at radius 2 is 1.94 bits per heavy atom. The Morgan fingerprint density at radius 3 is 2.56 bits per heavy atom. The second kappa shape index (κ2) is 7.38. The molecule has 1 rings (SSSR count). The molecule has 0 amide bonds. The van der Waals surface area contributed by atoms with Gasteiger partial charge in [-0.05, 0) is 38.4 Å². The van der Waals surface area contributed by atoms with E-state index in [0.29, 0.717) is 26.0 Å². The summed E-state index contributed by atoms with van der Waals surface area (Å²) in [4.78, 5) is 0. The molecule has 0 aromatic heterocycles. The summed E-state index contributed by atoms with van der Waals surface area (Å²) in [5, 5.41) is -0.362. The second-order valence-corrected chi connectivity index (χ2v) is 6.81. The highest BCUT2D eigenvalue weighted by molar-refractivity contribution is 7.91. The van der Waals surface area contributed by atoms with Gasteiger partial charge in [0.2, 0.25) is 0 Å². The minimum atomic E-state index is -3.04. The predicted molar refractivity (Wildman–Crippen MR) is 73.5 cm³/mol. The first kappa shape index (κ1) is 15.0. The van der Waals surface area contributed by atoms with Crippen LogP contribution in [0.25, 0.3) is 0 Å². The predicted octanol–water partition coefficient (Wildman–Crippen LogP) is 1.61. The molecule has 0 saturated heterocycles. The number of hydrogen-bond acceptors (Lipinski definition) is 4. The smallest absolute Gasteiger partial charge is 0.153 e. The van der Waals surface area contributed by atoms with Gasteiger partial charge in [0.25, 0.3) is 0 Å². The third-order valence-electron chi connectivity index (χ3n) is 2.77. The standard InChI is InChI=1S/C13H21NO3S/c1-12(8-9-14)18(15,16)11-5-10-17-13-6-3-2-4-7-13/h2-4,6-7,12H,5,8-11,14H2,1H3. The topological polar surface area (TPSA) is 69.4 Å². The van der Waals surface area contributed by atoms with E-state index in [2.05, 4.69) is 0 Å². The van der Waals surface area contributed by atoms with Crippen LogP contribution in [0.1, 0.15) is 19.8 Å². The van der Waals surface area contributed by atoms with Crippen molar-refractivity contribution in [2.24, 2.45) is 5.73 Å². The minimum absolute atomic E-state index is 0.154. The highest BCUT2D eigenvalue weighted by Crippen LogP contribution is 2.10. The zero-order valence-electron chi connectivity index (χ0n) is 10.7. The third kappa shape index (κ3) is 5.06. The summed E-state index contributed by atoms with van der Waals surface area (Å²) < 4.78 is 29.1. The Hall–Kier alpha value is -1.07. The zero-order valence-corrected chi connectivity index (χ0v) is 11.5. The van der Waals surface area contributed by atoms with E-state index < -0.39 is 9.84 Å². The molecule has 0 fully saturated rings. The van der Waals surface area contributed by atoms with Crippen LogP contribution in [0.3, 0.4) is 0 Å². The van der Waals surface area contributed by atoms with E-state index in [9.17, 15) is 8.42 Å². The first-order valence-corrected chi connectivity index (χ1v) is 7.87. The third-order valence-corrected chi connectivity index (χ3v) is 5.09. The van der Waals surface area contributed by atoms with Crippen molar-refractivity contribution in [1.82, 2.24) is 0 Å². The average molecular weight is 271 g/mol. The first-order valence-electron chi connectivity index (χ1n) is 6.16. The van der Waals surface area contributed by atoms with Crippen molar-refractivity contribution in [1.29, 1.82) is 0 Å². The van der Waals surface area contributed by atoms with Gasteiger partial charge in [0.15, 0.2) is 9.84 Å². The summed E-state index contributed by atoms with van der Waals surface area (Å²) in [6.45, 7) is 2.53. The lowest BCUT2D eigenvalue weighted by Gasteiger charge is -2.12. The van der Waals surface area contributed by atoms with Crippen molar-refractivity contribution in [3.63, 3.8) is 0 Å². The molecule has 0 bridgehead atoms. The molecule has 0 aliphatic carbocycles. The maximum atomic E-state index is 11.8. The van der Waals surface area contributed by atoms with E-state index >= 15 is 0 Å². The summed E-state index contributed by atoms with van der Waals surface area (Å²) in [7, 11) is -3.04. The molecule has 1 atom stereocenters. The zero-order chi connectivity index (χ0) is 13.4. The average Bonchev–Trinajstić information content (AvgIpc) is 2.36. The molecule has 1 unspecified atom stereocenters. The van der Waals surface area contributed by atoms with Crippen LogP contribution in [0.4, 0.5) is 0 Å². The summed E-state index contributed by atoms with van der Waals surface area (Å²) in [5.41, 5.74) is 5.37. The van der Waals surface area contributed by atoms with Gasteiger partial charge in [0.05, 0.1) is 17.6 Å². The second-order valence-electron chi connectivity index (χ2n) is 4.27. The van der Waals surface area contributed by atoms with Crippen molar-refractivity contribution in [2.75, 3.05) is 18.9 Å². The number of sulfone groups is 1. The van der Waals surface area contributed by atoms with Gasteiger partial charge in [-0.15, -0.1) is 0 Å². The number of benzene rings is 1. The fourth-order valence-corrected chi connectivity index (χ4v) is 3.00. The van der Waals surface area contributed by atoms with E-state index in [1.807, 2.05) is 30.3 Å². The Balaban J connectivity index is 2.29. The highest BCUT2D eigenvalue weighted by Gasteiger charge is 2.19. The Bertz CT molecular complexity index is 431. The first-order chi connectivity index (χ1) is 8.56. The molecule has 1 aromatic carbocycles. The van der Waals surface area contributed by atoms with Crippen LogP contribution >= 0.6 is 0 Å². The fourth-order valence-electron chi connectivity index (χ4n) is 1.58. The van der Waals surface area contributed by atoms with Gasteiger partial charge in [-0.1, -0.05) is 18.2 Å². The monoisotopic (exact) mass is 271 g/mol. The van der Waals surface area contributed by atoms with Crippen LogP contribution in [0.2, 0.25) is 0 Å². The van der Waals surface area contributed by atoms with Crippen LogP contribution < -0.4 is 10.5 Å². The largest absolute Gasteiger partial charge is 0.494 e. The summed E-state index contributed by atoms with van der Waals surface area (Å²) >= 11 is 0. The quantitative estimate of drug-likeness (QED) is 0.729. The normalized spacial score (nSPS) is 13.2. The maximum absolute atomic E-state index is 11.8. The van der Waals surface area contributed by atoms with Crippen LogP contribution in [-0.2, 0) is 9.84 Å². The lowest BCUT2D eigenvalue weighted by molar-refractivity contribution is 0.317. The van der Waals surface area contributed by atoms with E-state index in [4.69, 9.17) is 10.5 Å². The molecule has 0 aliphatic heterocycles. The van der Waals surface area contributed by atoms with Crippen molar-refractivity contribution in [3.05, 3.63) is 30.3 Å². The lowest BCUT2D eigenvalue weighted by Crippen LogP contribution is -2.24. The van der Waals surface area contributed by atoms with Gasteiger partial charge in [-0.25, -0.2) is 8.42 Å². The van der Waals surface area contributed by atoms with Crippen LogP contribution in [-0.4, -0.2) is 32.6 Å². The molecular weight excluding hydrogens is 250 g/mol. The molecule has 1 aromatic rings. The van der Waals surface area contributed by atoms with Crippen molar-refractivity contribution >= 4 is 9.84 Å². The van der Waals surface area contributed by atoms with Crippen LogP contribution in [0, 0.1) is 0 Å². The maximum Gasteiger partial charge on any atom is 0.153 e. The number of para-hydroxylation sites is 1. The molecule has 4 nitrogen and oxygen atoms in total. The molecule has 102 valence electrons. The molecular formula is C13H21NO3S. The molecule has 2 N–H and O–H groups in total. The molecule has 0 saturated carbocycles. The van der Waals surface area contributed by atoms with Gasteiger partial charge in [0, 0.05) is 0 Å². The number of ether oxygens (including phenoxy) is 1.